The average molecular weight is 221 g/mol. The van der Waals surface area contributed by atoms with Gasteiger partial charge in [0, 0.05) is 17.0 Å². The molecule has 1 aromatic carbocycles. The Morgan fingerprint density at radius 2 is 2.33 bits per heavy atom. The van der Waals surface area contributed by atoms with Crippen LogP contribution in [0.1, 0.15) is 22.3 Å². The lowest BCUT2D eigenvalue weighted by Gasteiger charge is -2.07. The summed E-state index contributed by atoms with van der Waals surface area (Å²) in [4.78, 5) is 12.5. The van der Waals surface area contributed by atoms with E-state index in [9.17, 15) is 4.79 Å². The van der Waals surface area contributed by atoms with Crippen LogP contribution in [0.4, 0.5) is 0 Å². The maximum atomic E-state index is 11.7. The minimum atomic E-state index is -0.0507. The predicted octanol–water partition coefficient (Wildman–Crippen LogP) is 2.59. The van der Waals surface area contributed by atoms with Crippen molar-refractivity contribution in [2.45, 2.75) is 18.2 Å². The Balaban J connectivity index is 2.72. The summed E-state index contributed by atoms with van der Waals surface area (Å²) in [7, 11) is 0. The van der Waals surface area contributed by atoms with Gasteiger partial charge in [-0.1, -0.05) is 12.1 Å². The maximum absolute atomic E-state index is 11.7. The van der Waals surface area contributed by atoms with Crippen LogP contribution in [-0.4, -0.2) is 12.5 Å². The molecule has 3 heteroatoms. The van der Waals surface area contributed by atoms with E-state index >= 15 is 0 Å². The zero-order valence-corrected chi connectivity index (χ0v) is 9.68. The van der Waals surface area contributed by atoms with Crippen LogP contribution in [0.3, 0.4) is 0 Å². The van der Waals surface area contributed by atoms with Crippen molar-refractivity contribution in [3.8, 4) is 0 Å². The first-order chi connectivity index (χ1) is 7.15. The van der Waals surface area contributed by atoms with Gasteiger partial charge < -0.3 is 5.32 Å². The Hall–Kier alpha value is -1.22. The molecule has 0 aliphatic carbocycles. The molecule has 0 spiro atoms. The highest BCUT2D eigenvalue weighted by molar-refractivity contribution is 7.80. The molecule has 2 nitrogen and oxygen atoms in total. The van der Waals surface area contributed by atoms with Gasteiger partial charge >= 0.3 is 0 Å². The van der Waals surface area contributed by atoms with Gasteiger partial charge in [0.05, 0.1) is 0 Å². The Kier molecular flexibility index (Phi) is 4.43. The summed E-state index contributed by atoms with van der Waals surface area (Å²) in [5.74, 6) is -0.0507. The van der Waals surface area contributed by atoms with E-state index in [2.05, 4.69) is 24.5 Å². The largest absolute Gasteiger partial charge is 0.352 e. The van der Waals surface area contributed by atoms with Gasteiger partial charge in [0.15, 0.2) is 0 Å². The molecular weight excluding hydrogens is 206 g/mol. The lowest BCUT2D eigenvalue weighted by molar-refractivity contribution is 0.0953. The molecule has 1 rings (SSSR count). The third-order valence-corrected chi connectivity index (χ3v) is 2.38. The fourth-order valence-electron chi connectivity index (χ4n) is 1.24. The van der Waals surface area contributed by atoms with Crippen molar-refractivity contribution in [2.24, 2.45) is 0 Å². The van der Waals surface area contributed by atoms with E-state index < -0.39 is 0 Å². The van der Waals surface area contributed by atoms with Gasteiger partial charge in [-0.15, -0.1) is 19.2 Å². The molecule has 80 valence electrons. The lowest BCUT2D eigenvalue weighted by Crippen LogP contribution is -2.24. The minimum Gasteiger partial charge on any atom is -0.352 e. The highest BCUT2D eigenvalue weighted by Gasteiger charge is 2.07. The molecule has 0 saturated heterocycles. The van der Waals surface area contributed by atoms with Gasteiger partial charge in [-0.3, -0.25) is 4.79 Å². The zero-order valence-electron chi connectivity index (χ0n) is 8.79. The van der Waals surface area contributed by atoms with Crippen molar-refractivity contribution in [2.75, 3.05) is 6.54 Å². The molecule has 0 heterocycles. The van der Waals surface area contributed by atoms with Gasteiger partial charge in [-0.25, -0.2) is 0 Å². The van der Waals surface area contributed by atoms with Crippen LogP contribution in [0.2, 0.25) is 0 Å². The molecule has 0 atom stereocenters. The Morgan fingerprint density at radius 3 is 3.00 bits per heavy atom. The van der Waals surface area contributed by atoms with E-state index in [0.717, 1.165) is 16.9 Å². The Labute approximate surface area is 95.8 Å². The summed E-state index contributed by atoms with van der Waals surface area (Å²) in [5.41, 5.74) is 1.65. The molecule has 0 radical (unpaired) electrons. The minimum absolute atomic E-state index is 0.0507. The number of rotatable bonds is 4. The third kappa shape index (κ3) is 3.44. The zero-order chi connectivity index (χ0) is 11.3. The van der Waals surface area contributed by atoms with Gasteiger partial charge in [0.2, 0.25) is 0 Å². The molecule has 0 unspecified atom stereocenters. The van der Waals surface area contributed by atoms with E-state index in [-0.39, 0.29) is 5.91 Å². The first-order valence-corrected chi connectivity index (χ1v) is 5.28. The lowest BCUT2D eigenvalue weighted by atomic mass is 10.1. The van der Waals surface area contributed by atoms with Crippen LogP contribution < -0.4 is 5.32 Å². The van der Waals surface area contributed by atoms with Crippen LogP contribution >= 0.6 is 12.6 Å². The van der Waals surface area contributed by atoms with E-state index in [4.69, 9.17) is 0 Å². The van der Waals surface area contributed by atoms with Crippen molar-refractivity contribution < 1.29 is 4.79 Å². The molecule has 0 bridgehead atoms. The molecule has 0 aliphatic rings. The normalized spacial score (nSPS) is 9.73. The van der Waals surface area contributed by atoms with Gasteiger partial charge in [-0.05, 0) is 31.0 Å². The number of benzene rings is 1. The van der Waals surface area contributed by atoms with Crippen molar-refractivity contribution >= 4 is 18.5 Å². The second kappa shape index (κ2) is 5.61. The SMILES string of the molecule is C=CCCNC(=O)c1cc(S)ccc1C. The molecule has 0 aliphatic heterocycles. The third-order valence-electron chi connectivity index (χ3n) is 2.10. The molecule has 1 N–H and O–H groups in total. The van der Waals surface area contributed by atoms with Crippen molar-refractivity contribution in [3.63, 3.8) is 0 Å². The van der Waals surface area contributed by atoms with Crippen LogP contribution in [0.25, 0.3) is 0 Å². The molecule has 1 aromatic rings. The summed E-state index contributed by atoms with van der Waals surface area (Å²) in [5, 5.41) is 2.82. The number of hydrogen-bond acceptors (Lipinski definition) is 2. The first-order valence-electron chi connectivity index (χ1n) is 4.84. The monoisotopic (exact) mass is 221 g/mol. The summed E-state index contributed by atoms with van der Waals surface area (Å²) < 4.78 is 0. The van der Waals surface area contributed by atoms with Crippen LogP contribution in [-0.2, 0) is 0 Å². The number of hydrogen-bond donors (Lipinski definition) is 2. The first kappa shape index (κ1) is 11.9. The number of thiol groups is 1. The van der Waals surface area contributed by atoms with Crippen LogP contribution in [0, 0.1) is 6.92 Å². The van der Waals surface area contributed by atoms with Crippen LogP contribution in [0.5, 0.6) is 0 Å². The van der Waals surface area contributed by atoms with Gasteiger partial charge in [0.1, 0.15) is 0 Å². The highest BCUT2D eigenvalue weighted by atomic mass is 32.1. The number of amides is 1. The molecule has 0 saturated carbocycles. The summed E-state index contributed by atoms with van der Waals surface area (Å²) in [6, 6.07) is 5.55. The number of nitrogens with one attached hydrogen (secondary N) is 1. The number of carbonyl (C=O) groups is 1. The van der Waals surface area contributed by atoms with Gasteiger partial charge in [0.25, 0.3) is 5.91 Å². The second-order valence-corrected chi connectivity index (χ2v) is 3.85. The van der Waals surface area contributed by atoms with E-state index in [1.807, 2.05) is 19.1 Å². The average Bonchev–Trinajstić information content (AvgIpc) is 2.22. The highest BCUT2D eigenvalue weighted by Crippen LogP contribution is 2.13. The predicted molar refractivity (Wildman–Crippen MR) is 65.6 cm³/mol. The van der Waals surface area contributed by atoms with Crippen molar-refractivity contribution in [1.29, 1.82) is 0 Å². The molecular formula is C12H15NOS. The number of aryl methyl sites for hydroxylation is 1. The molecule has 15 heavy (non-hydrogen) atoms. The van der Waals surface area contributed by atoms with Crippen molar-refractivity contribution in [3.05, 3.63) is 42.0 Å². The Morgan fingerprint density at radius 1 is 1.60 bits per heavy atom. The fraction of sp³-hybridized carbons (Fsp3) is 0.250. The topological polar surface area (TPSA) is 29.1 Å². The molecule has 1 amide bonds. The van der Waals surface area contributed by atoms with Crippen LogP contribution in [0.15, 0.2) is 35.7 Å². The summed E-state index contributed by atoms with van der Waals surface area (Å²) in [6.45, 7) is 6.13. The Bertz CT molecular complexity index is 374. The maximum Gasteiger partial charge on any atom is 0.251 e. The fourth-order valence-corrected chi connectivity index (χ4v) is 1.44. The standard InChI is InChI=1S/C12H15NOS/c1-3-4-7-13-12(14)11-8-10(15)6-5-9(11)2/h3,5-6,8,15H,1,4,7H2,2H3,(H,13,14). The van der Waals surface area contributed by atoms with E-state index in [0.29, 0.717) is 12.1 Å². The number of carbonyl (C=O) groups excluding carboxylic acids is 1. The smallest absolute Gasteiger partial charge is 0.251 e. The molecule has 0 fully saturated rings. The quantitative estimate of drug-likeness (QED) is 0.457. The van der Waals surface area contributed by atoms with E-state index in [1.165, 1.54) is 0 Å². The molecule has 0 aromatic heterocycles. The second-order valence-electron chi connectivity index (χ2n) is 3.33. The van der Waals surface area contributed by atoms with Gasteiger partial charge in [-0.2, -0.15) is 0 Å². The van der Waals surface area contributed by atoms with E-state index in [1.54, 1.807) is 12.1 Å². The summed E-state index contributed by atoms with van der Waals surface area (Å²) in [6.07, 6.45) is 2.56. The van der Waals surface area contributed by atoms with Crippen molar-refractivity contribution in [1.82, 2.24) is 5.32 Å². The summed E-state index contributed by atoms with van der Waals surface area (Å²) >= 11 is 4.21.